The third-order valence-corrected chi connectivity index (χ3v) is 9.85. The molecule has 2 heterocycles. The number of ether oxygens (including phenoxy) is 1. The lowest BCUT2D eigenvalue weighted by atomic mass is 9.85. The SMILES string of the molecule is COc1ccc(NS(=O)(=O)c2cc(NC(=O)CN3C(=O)[C@@H]4[C@H](C3=O)[C@H]3C=C[C@H]4C3)ccc2N2CCCCC2)cc1. The highest BCUT2D eigenvalue weighted by Crippen LogP contribution is 2.52. The average molecular weight is 565 g/mol. The van der Waals surface area contributed by atoms with Crippen LogP contribution in [0, 0.1) is 23.7 Å². The second-order valence-electron chi connectivity index (χ2n) is 10.9. The van der Waals surface area contributed by atoms with Crippen LogP contribution in [0.3, 0.4) is 0 Å². The van der Waals surface area contributed by atoms with E-state index in [4.69, 9.17) is 4.74 Å². The molecule has 6 rings (SSSR count). The summed E-state index contributed by atoms with van der Waals surface area (Å²) < 4.78 is 35.0. The van der Waals surface area contributed by atoms with Gasteiger partial charge in [0.25, 0.3) is 10.0 Å². The Morgan fingerprint density at radius 1 is 0.925 bits per heavy atom. The number of anilines is 3. The van der Waals surface area contributed by atoms with E-state index in [1.165, 1.54) is 13.2 Å². The molecular weight excluding hydrogens is 532 g/mol. The van der Waals surface area contributed by atoms with Crippen molar-refractivity contribution in [2.45, 2.75) is 30.6 Å². The number of hydrogen-bond donors (Lipinski definition) is 2. The van der Waals surface area contributed by atoms with E-state index in [9.17, 15) is 22.8 Å². The van der Waals surface area contributed by atoms with Crippen molar-refractivity contribution in [1.29, 1.82) is 0 Å². The molecule has 4 aliphatic rings. The second-order valence-corrected chi connectivity index (χ2v) is 12.5. The summed E-state index contributed by atoms with van der Waals surface area (Å²) in [4.78, 5) is 42.1. The smallest absolute Gasteiger partial charge is 0.264 e. The topological polar surface area (TPSA) is 125 Å². The Hall–Kier alpha value is -3.86. The number of amides is 3. The van der Waals surface area contributed by atoms with Gasteiger partial charge in [-0.3, -0.25) is 24.0 Å². The van der Waals surface area contributed by atoms with E-state index in [1.807, 2.05) is 17.1 Å². The predicted molar refractivity (Wildman–Crippen MR) is 149 cm³/mol. The lowest BCUT2D eigenvalue weighted by Crippen LogP contribution is -2.39. The van der Waals surface area contributed by atoms with Gasteiger partial charge in [-0.25, -0.2) is 8.42 Å². The maximum absolute atomic E-state index is 13.6. The molecule has 2 saturated heterocycles. The third-order valence-electron chi connectivity index (χ3n) is 8.44. The number of carbonyl (C=O) groups excluding carboxylic acids is 3. The lowest BCUT2D eigenvalue weighted by molar-refractivity contribution is -0.143. The molecule has 210 valence electrons. The molecule has 11 heteroatoms. The number of allylic oxidation sites excluding steroid dienone is 2. The zero-order valence-corrected chi connectivity index (χ0v) is 23.0. The van der Waals surface area contributed by atoms with E-state index >= 15 is 0 Å². The highest BCUT2D eigenvalue weighted by molar-refractivity contribution is 7.92. The molecule has 0 spiro atoms. The summed E-state index contributed by atoms with van der Waals surface area (Å²) in [5.41, 5.74) is 1.20. The van der Waals surface area contributed by atoms with Crippen LogP contribution >= 0.6 is 0 Å². The number of fused-ring (bicyclic) bond motifs is 5. The molecule has 1 saturated carbocycles. The number of methoxy groups -OCH3 is 1. The molecule has 0 aromatic heterocycles. The normalized spacial score (nSPS) is 25.3. The van der Waals surface area contributed by atoms with Crippen molar-refractivity contribution in [2.75, 3.05) is 41.7 Å². The number of likely N-dealkylation sites (tertiary alicyclic amines) is 1. The van der Waals surface area contributed by atoms with E-state index in [1.54, 1.807) is 36.4 Å². The Morgan fingerprint density at radius 2 is 1.55 bits per heavy atom. The molecule has 4 atom stereocenters. The fourth-order valence-corrected chi connectivity index (χ4v) is 7.85. The fourth-order valence-electron chi connectivity index (χ4n) is 6.54. The molecule has 2 bridgehead atoms. The Kier molecular flexibility index (Phi) is 6.77. The Balaban J connectivity index is 1.22. The Bertz CT molecular complexity index is 1450. The number of carbonyl (C=O) groups is 3. The van der Waals surface area contributed by atoms with Crippen molar-refractivity contribution in [1.82, 2.24) is 4.90 Å². The first-order chi connectivity index (χ1) is 19.2. The van der Waals surface area contributed by atoms with E-state index < -0.39 is 22.5 Å². The van der Waals surface area contributed by atoms with Gasteiger partial charge in [0.05, 0.1) is 24.6 Å². The standard InChI is InChI=1S/C29H32N4O6S/c1-39-22-10-7-20(8-11-22)31-40(37,38)24-16-21(9-12-23(24)32-13-3-2-4-14-32)30-25(34)17-33-28(35)26-18-5-6-19(15-18)27(26)29(33)36/h5-12,16,18-19,26-27,31H,2-4,13-15,17H2,1H3,(H,30,34)/t18-,19-,26-,27+/m0/s1. The van der Waals surface area contributed by atoms with E-state index in [0.29, 0.717) is 17.1 Å². The van der Waals surface area contributed by atoms with Crippen LogP contribution in [0.15, 0.2) is 59.5 Å². The zero-order valence-electron chi connectivity index (χ0n) is 22.2. The van der Waals surface area contributed by atoms with Gasteiger partial charge < -0.3 is 15.0 Å². The minimum atomic E-state index is -4.04. The molecule has 0 radical (unpaired) electrons. The molecule has 2 N–H and O–H groups in total. The minimum absolute atomic E-state index is 0.0357. The van der Waals surface area contributed by atoms with Crippen molar-refractivity contribution in [3.05, 3.63) is 54.6 Å². The van der Waals surface area contributed by atoms with Gasteiger partial charge in [-0.2, -0.15) is 0 Å². The maximum atomic E-state index is 13.6. The van der Waals surface area contributed by atoms with Gasteiger partial charge in [-0.05, 0) is 80.0 Å². The number of benzene rings is 2. The summed E-state index contributed by atoms with van der Waals surface area (Å²) in [6.45, 7) is 1.06. The number of imide groups is 1. The highest BCUT2D eigenvalue weighted by Gasteiger charge is 2.59. The van der Waals surface area contributed by atoms with Crippen LogP contribution in [0.1, 0.15) is 25.7 Å². The molecule has 2 aliphatic carbocycles. The van der Waals surface area contributed by atoms with Crippen molar-refractivity contribution in [3.8, 4) is 5.75 Å². The van der Waals surface area contributed by atoms with Crippen molar-refractivity contribution >= 4 is 44.8 Å². The number of hydrogen-bond acceptors (Lipinski definition) is 7. The van der Waals surface area contributed by atoms with E-state index in [0.717, 1.165) is 43.7 Å². The summed E-state index contributed by atoms with van der Waals surface area (Å²) in [6.07, 6.45) is 7.84. The predicted octanol–water partition coefficient (Wildman–Crippen LogP) is 3.23. The van der Waals surface area contributed by atoms with Crippen LogP contribution in [0.5, 0.6) is 5.75 Å². The van der Waals surface area contributed by atoms with E-state index in [-0.39, 0.29) is 46.1 Å². The molecule has 2 aromatic rings. The maximum Gasteiger partial charge on any atom is 0.264 e. The molecular formula is C29H32N4O6S. The van der Waals surface area contributed by atoms with Gasteiger partial charge >= 0.3 is 0 Å². The third kappa shape index (κ3) is 4.72. The lowest BCUT2D eigenvalue weighted by Gasteiger charge is -2.30. The van der Waals surface area contributed by atoms with Crippen LogP contribution in [0.25, 0.3) is 0 Å². The summed E-state index contributed by atoms with van der Waals surface area (Å²) >= 11 is 0. The zero-order chi connectivity index (χ0) is 28.0. The van der Waals surface area contributed by atoms with Gasteiger partial charge in [0.1, 0.15) is 17.2 Å². The van der Waals surface area contributed by atoms with E-state index in [2.05, 4.69) is 10.0 Å². The molecule has 3 fully saturated rings. The van der Waals surface area contributed by atoms with Crippen molar-refractivity contribution in [2.24, 2.45) is 23.7 Å². The molecule has 10 nitrogen and oxygen atoms in total. The summed E-state index contributed by atoms with van der Waals surface area (Å²) in [5, 5.41) is 2.71. The van der Waals surface area contributed by atoms with Crippen LogP contribution in [0.4, 0.5) is 17.1 Å². The van der Waals surface area contributed by atoms with Crippen LogP contribution in [0.2, 0.25) is 0 Å². The fraction of sp³-hybridized carbons (Fsp3) is 0.414. The van der Waals surface area contributed by atoms with Crippen molar-refractivity contribution < 1.29 is 27.5 Å². The first-order valence-corrected chi connectivity index (χ1v) is 15.1. The molecule has 2 aromatic carbocycles. The largest absolute Gasteiger partial charge is 0.497 e. The van der Waals surface area contributed by atoms with Crippen LogP contribution in [-0.4, -0.2) is 57.8 Å². The summed E-state index contributed by atoms with van der Waals surface area (Å²) in [5.74, 6) is -1.17. The van der Waals surface area contributed by atoms with Crippen molar-refractivity contribution in [3.63, 3.8) is 0 Å². The molecule has 2 aliphatic heterocycles. The molecule has 3 amide bonds. The Labute approximate surface area is 233 Å². The molecule has 40 heavy (non-hydrogen) atoms. The first-order valence-electron chi connectivity index (χ1n) is 13.6. The monoisotopic (exact) mass is 564 g/mol. The number of piperidine rings is 1. The molecule has 0 unspecified atom stereocenters. The summed E-state index contributed by atoms with van der Waals surface area (Å²) in [6, 6.07) is 11.3. The summed E-state index contributed by atoms with van der Waals surface area (Å²) in [7, 11) is -2.50. The number of sulfonamides is 1. The second kappa shape index (κ2) is 10.3. The number of nitrogens with zero attached hydrogens (tertiary/aromatic N) is 2. The van der Waals surface area contributed by atoms with Gasteiger partial charge in [-0.15, -0.1) is 0 Å². The van der Waals surface area contributed by atoms with Gasteiger partial charge in [0.2, 0.25) is 17.7 Å². The van der Waals surface area contributed by atoms with Crippen LogP contribution in [-0.2, 0) is 24.4 Å². The quantitative estimate of drug-likeness (QED) is 0.373. The van der Waals surface area contributed by atoms with Crippen LogP contribution < -0.4 is 19.7 Å². The van der Waals surface area contributed by atoms with Gasteiger partial charge in [-0.1, -0.05) is 12.2 Å². The Morgan fingerprint density at radius 3 is 2.17 bits per heavy atom. The van der Waals surface area contributed by atoms with Gasteiger partial charge in [0, 0.05) is 24.5 Å². The number of nitrogens with one attached hydrogen (secondary N) is 2. The first kappa shape index (κ1) is 26.4. The van der Waals surface area contributed by atoms with Gasteiger partial charge in [0.15, 0.2) is 0 Å². The minimum Gasteiger partial charge on any atom is -0.497 e. The highest BCUT2D eigenvalue weighted by atomic mass is 32.2. The average Bonchev–Trinajstić information content (AvgIpc) is 3.64. The number of rotatable bonds is 8.